The van der Waals surface area contributed by atoms with Crippen LogP contribution in [0.3, 0.4) is 0 Å². The van der Waals surface area contributed by atoms with Crippen molar-refractivity contribution in [3.63, 3.8) is 0 Å². The van der Waals surface area contributed by atoms with Gasteiger partial charge in [-0.25, -0.2) is 0 Å². The van der Waals surface area contributed by atoms with Crippen molar-refractivity contribution in [3.8, 4) is 0 Å². The van der Waals surface area contributed by atoms with Crippen molar-refractivity contribution in [2.75, 3.05) is 19.4 Å². The van der Waals surface area contributed by atoms with Gasteiger partial charge in [-0.2, -0.15) is 0 Å². The van der Waals surface area contributed by atoms with Crippen LogP contribution in [0.2, 0.25) is 5.02 Å². The molecule has 0 amide bonds. The molecule has 0 atom stereocenters. The van der Waals surface area contributed by atoms with E-state index in [1.54, 1.807) is 0 Å². The van der Waals surface area contributed by atoms with Gasteiger partial charge in [0.15, 0.2) is 5.11 Å². The maximum Gasteiger partial charge on any atom is 0.172 e. The number of rotatable bonds is 1. The molecule has 0 aliphatic carbocycles. The van der Waals surface area contributed by atoms with E-state index in [0.717, 1.165) is 16.3 Å². The average molecular weight is 229 g/mol. The number of thiocarbonyl (C=S) groups is 1. The van der Waals surface area contributed by atoms with Gasteiger partial charge in [0.1, 0.15) is 0 Å². The fraction of sp³-hybridized carbons (Fsp3) is 0.300. The maximum absolute atomic E-state index is 5.84. The maximum atomic E-state index is 5.84. The second kappa shape index (κ2) is 4.62. The Kier molecular flexibility index (Phi) is 3.72. The van der Waals surface area contributed by atoms with E-state index in [2.05, 4.69) is 5.32 Å². The molecule has 0 radical (unpaired) electrons. The molecule has 1 N–H and O–H groups in total. The van der Waals surface area contributed by atoms with Gasteiger partial charge in [0, 0.05) is 24.8 Å². The molecular weight excluding hydrogens is 216 g/mol. The molecule has 0 fully saturated rings. The van der Waals surface area contributed by atoms with Gasteiger partial charge >= 0.3 is 0 Å². The molecule has 1 aromatic rings. The minimum absolute atomic E-state index is 0.690. The van der Waals surface area contributed by atoms with Gasteiger partial charge in [0.05, 0.1) is 0 Å². The van der Waals surface area contributed by atoms with Gasteiger partial charge in [-0.1, -0.05) is 11.6 Å². The zero-order chi connectivity index (χ0) is 10.7. The molecule has 0 bridgehead atoms. The Morgan fingerprint density at radius 3 is 2.57 bits per heavy atom. The number of nitrogens with one attached hydrogen (secondary N) is 1. The summed E-state index contributed by atoms with van der Waals surface area (Å²) in [5, 5.41) is 4.57. The topological polar surface area (TPSA) is 15.3 Å². The molecular formula is C10H13ClN2S. The van der Waals surface area contributed by atoms with Gasteiger partial charge in [0.2, 0.25) is 0 Å². The molecule has 0 aliphatic heterocycles. The highest BCUT2D eigenvalue weighted by Gasteiger charge is 2.02. The van der Waals surface area contributed by atoms with E-state index in [1.807, 2.05) is 44.1 Å². The van der Waals surface area contributed by atoms with Gasteiger partial charge < -0.3 is 10.2 Å². The normalized spacial score (nSPS) is 9.71. The van der Waals surface area contributed by atoms with Crippen molar-refractivity contribution in [1.29, 1.82) is 0 Å². The Morgan fingerprint density at radius 2 is 2.07 bits per heavy atom. The Hall–Kier alpha value is -0.800. The Bertz CT molecular complexity index is 350. The first-order valence-corrected chi connectivity index (χ1v) is 5.04. The minimum atomic E-state index is 0.690. The van der Waals surface area contributed by atoms with Crippen LogP contribution < -0.4 is 5.32 Å². The molecule has 0 spiro atoms. The van der Waals surface area contributed by atoms with Gasteiger partial charge in [-0.15, -0.1) is 0 Å². The summed E-state index contributed by atoms with van der Waals surface area (Å²) < 4.78 is 0. The Morgan fingerprint density at radius 1 is 1.43 bits per heavy atom. The van der Waals surface area contributed by atoms with Gasteiger partial charge in [-0.3, -0.25) is 0 Å². The summed E-state index contributed by atoms with van der Waals surface area (Å²) in [6.07, 6.45) is 0. The van der Waals surface area contributed by atoms with Crippen LogP contribution >= 0.6 is 23.8 Å². The number of hydrogen-bond acceptors (Lipinski definition) is 1. The molecule has 14 heavy (non-hydrogen) atoms. The van der Waals surface area contributed by atoms with Crippen molar-refractivity contribution >= 4 is 34.6 Å². The third kappa shape index (κ3) is 2.86. The average Bonchev–Trinajstić information content (AvgIpc) is 2.09. The quantitative estimate of drug-likeness (QED) is 0.745. The summed E-state index contributed by atoms with van der Waals surface area (Å²) >= 11 is 11.0. The number of benzene rings is 1. The molecule has 0 saturated heterocycles. The van der Waals surface area contributed by atoms with Crippen molar-refractivity contribution in [2.45, 2.75) is 6.92 Å². The van der Waals surface area contributed by atoms with E-state index in [1.165, 1.54) is 0 Å². The molecule has 1 rings (SSSR count). The monoisotopic (exact) mass is 228 g/mol. The highest BCUT2D eigenvalue weighted by molar-refractivity contribution is 7.80. The predicted molar refractivity (Wildman–Crippen MR) is 66.1 cm³/mol. The number of nitrogens with zero attached hydrogens (tertiary/aromatic N) is 1. The second-order valence-electron chi connectivity index (χ2n) is 3.28. The lowest BCUT2D eigenvalue weighted by atomic mass is 10.2. The summed E-state index contributed by atoms with van der Waals surface area (Å²) in [5.41, 5.74) is 2.08. The zero-order valence-corrected chi connectivity index (χ0v) is 10.0. The van der Waals surface area contributed by atoms with Crippen LogP contribution in [0.25, 0.3) is 0 Å². The summed E-state index contributed by atoms with van der Waals surface area (Å²) in [5.74, 6) is 0. The summed E-state index contributed by atoms with van der Waals surface area (Å²) in [6.45, 7) is 1.99. The molecule has 4 heteroatoms. The zero-order valence-electron chi connectivity index (χ0n) is 8.47. The lowest BCUT2D eigenvalue weighted by Crippen LogP contribution is -2.27. The van der Waals surface area contributed by atoms with Crippen LogP contribution in [0.15, 0.2) is 18.2 Å². The van der Waals surface area contributed by atoms with Gasteiger partial charge in [0.25, 0.3) is 0 Å². The van der Waals surface area contributed by atoms with Crippen molar-refractivity contribution in [2.24, 2.45) is 0 Å². The second-order valence-corrected chi connectivity index (χ2v) is 4.11. The van der Waals surface area contributed by atoms with Crippen LogP contribution in [0, 0.1) is 6.92 Å². The highest BCUT2D eigenvalue weighted by Crippen LogP contribution is 2.19. The van der Waals surface area contributed by atoms with E-state index >= 15 is 0 Å². The fourth-order valence-electron chi connectivity index (χ4n) is 0.994. The molecule has 0 aromatic heterocycles. The predicted octanol–water partition coefficient (Wildman–Crippen LogP) is 2.91. The van der Waals surface area contributed by atoms with E-state index in [9.17, 15) is 0 Å². The number of anilines is 1. The van der Waals surface area contributed by atoms with E-state index in [-0.39, 0.29) is 0 Å². The van der Waals surface area contributed by atoms with Gasteiger partial charge in [-0.05, 0) is 42.9 Å². The number of halogens is 1. The summed E-state index contributed by atoms with van der Waals surface area (Å²) in [4.78, 5) is 1.85. The van der Waals surface area contributed by atoms with Crippen LogP contribution in [-0.2, 0) is 0 Å². The van der Waals surface area contributed by atoms with E-state index in [0.29, 0.717) is 5.11 Å². The molecule has 1 aromatic carbocycles. The van der Waals surface area contributed by atoms with Crippen molar-refractivity contribution in [3.05, 3.63) is 28.8 Å². The largest absolute Gasteiger partial charge is 0.355 e. The Balaban J connectivity index is 2.82. The highest BCUT2D eigenvalue weighted by atomic mass is 35.5. The lowest BCUT2D eigenvalue weighted by molar-refractivity contribution is 0.634. The molecule has 0 saturated carbocycles. The molecule has 0 aliphatic rings. The first-order valence-electron chi connectivity index (χ1n) is 4.25. The van der Waals surface area contributed by atoms with E-state index in [4.69, 9.17) is 23.8 Å². The van der Waals surface area contributed by atoms with Crippen LogP contribution in [-0.4, -0.2) is 24.1 Å². The smallest absolute Gasteiger partial charge is 0.172 e. The third-order valence-corrected chi connectivity index (χ3v) is 2.54. The lowest BCUT2D eigenvalue weighted by Gasteiger charge is -2.16. The molecule has 2 nitrogen and oxygen atoms in total. The third-order valence-electron chi connectivity index (χ3n) is 1.84. The fourth-order valence-corrected chi connectivity index (χ4v) is 1.33. The van der Waals surface area contributed by atoms with Crippen LogP contribution in [0.4, 0.5) is 5.69 Å². The first kappa shape index (κ1) is 11.3. The SMILES string of the molecule is Cc1cc(Cl)ccc1NC(=S)N(C)C. The molecule has 76 valence electrons. The summed E-state index contributed by atoms with van der Waals surface area (Å²) in [6, 6.07) is 5.67. The number of aryl methyl sites for hydroxylation is 1. The summed E-state index contributed by atoms with van der Waals surface area (Å²) in [7, 11) is 3.81. The van der Waals surface area contributed by atoms with Crippen LogP contribution in [0.1, 0.15) is 5.56 Å². The molecule has 0 unspecified atom stereocenters. The number of hydrogen-bond donors (Lipinski definition) is 1. The minimum Gasteiger partial charge on any atom is -0.355 e. The Labute approximate surface area is 94.9 Å². The van der Waals surface area contributed by atoms with Crippen molar-refractivity contribution in [1.82, 2.24) is 4.90 Å². The van der Waals surface area contributed by atoms with E-state index < -0.39 is 0 Å². The van der Waals surface area contributed by atoms with Crippen LogP contribution in [0.5, 0.6) is 0 Å². The first-order chi connectivity index (χ1) is 6.50. The van der Waals surface area contributed by atoms with Crippen molar-refractivity contribution < 1.29 is 0 Å². The molecule has 0 heterocycles. The standard InChI is InChI=1S/C10H13ClN2S/c1-7-6-8(11)4-5-9(7)12-10(14)13(2)3/h4-6H,1-3H3,(H,12,14).